The second-order valence-corrected chi connectivity index (χ2v) is 6.99. The molecule has 0 aliphatic rings. The van der Waals surface area contributed by atoms with E-state index >= 15 is 0 Å². The first-order valence-corrected chi connectivity index (χ1v) is 11.0. The summed E-state index contributed by atoms with van der Waals surface area (Å²) >= 11 is 0. The molecular weight excluding hydrogens is 440 g/mol. The molecule has 2 rings (SSSR count). The first-order valence-electron chi connectivity index (χ1n) is 11.0. The number of aliphatic hydroxyl groups excluding tert-OH is 4. The maximum absolute atomic E-state index is 10.2. The normalized spacial score (nSPS) is 10.8. The number of allylic oxidation sites excluding steroid dienone is 1. The molecule has 0 bridgehead atoms. The van der Waals surface area contributed by atoms with Gasteiger partial charge in [0.25, 0.3) is 0 Å². The molecule has 0 amide bonds. The molecule has 0 aliphatic heterocycles. The summed E-state index contributed by atoms with van der Waals surface area (Å²) in [5, 5.41) is 33.3. The van der Waals surface area contributed by atoms with Crippen LogP contribution in [-0.2, 0) is 11.4 Å². The van der Waals surface area contributed by atoms with Gasteiger partial charge in [-0.15, -0.1) is 0 Å². The molecule has 8 heteroatoms. The first-order chi connectivity index (χ1) is 16.1. The summed E-state index contributed by atoms with van der Waals surface area (Å²) in [5.74, 6) is 1.08. The molecule has 34 heavy (non-hydrogen) atoms. The van der Waals surface area contributed by atoms with E-state index in [2.05, 4.69) is 24.8 Å². The maximum Gasteiger partial charge on any atom is 0.185 e. The van der Waals surface area contributed by atoms with Crippen molar-refractivity contribution in [3.63, 3.8) is 0 Å². The summed E-state index contributed by atoms with van der Waals surface area (Å²) < 4.78 is 9.35. The van der Waals surface area contributed by atoms with Crippen LogP contribution in [0.4, 0.5) is 0 Å². The SMILES string of the molecule is C=C(C)C([CH2+])[CH2-].CCCC(=O)CO.CCCC(O)CO.O=Cc1ccco1.OCc1ccco1. The molecule has 2 heterocycles. The third-order valence-electron chi connectivity index (χ3n) is 3.63. The highest BCUT2D eigenvalue weighted by Crippen LogP contribution is 2.01. The van der Waals surface area contributed by atoms with E-state index in [1.807, 2.05) is 20.8 Å². The third kappa shape index (κ3) is 27.4. The number of hydrogen-bond acceptors (Lipinski definition) is 8. The number of aldehydes is 1. The summed E-state index contributed by atoms with van der Waals surface area (Å²) in [6.45, 7) is 16.3. The molecule has 0 saturated heterocycles. The number of aliphatic hydroxyl groups is 4. The molecule has 0 aromatic carbocycles. The number of Topliss-reactive ketones (excluding diaryl/α,β-unsaturated/α-hetero) is 1. The van der Waals surface area contributed by atoms with Gasteiger partial charge < -0.3 is 29.3 Å². The van der Waals surface area contributed by atoms with Crippen molar-refractivity contribution in [3.8, 4) is 0 Å². The maximum atomic E-state index is 10.2. The van der Waals surface area contributed by atoms with Crippen LogP contribution in [-0.4, -0.2) is 51.8 Å². The van der Waals surface area contributed by atoms with Gasteiger partial charge in [-0.1, -0.05) is 32.4 Å². The van der Waals surface area contributed by atoms with Crippen LogP contribution in [0.5, 0.6) is 0 Å². The highest BCUT2D eigenvalue weighted by molar-refractivity contribution is 5.79. The largest absolute Gasteiger partial charge is 0.467 e. The van der Waals surface area contributed by atoms with Gasteiger partial charge in [0.1, 0.15) is 19.0 Å². The Kier molecular flexibility index (Phi) is 28.1. The molecule has 0 spiro atoms. The summed E-state index contributed by atoms with van der Waals surface area (Å²) in [6.07, 6.45) is 6.15. The summed E-state index contributed by atoms with van der Waals surface area (Å²) in [6, 6.07) is 6.74. The van der Waals surface area contributed by atoms with Crippen molar-refractivity contribution in [2.24, 2.45) is 5.92 Å². The Bertz CT molecular complexity index is 676. The lowest BCUT2D eigenvalue weighted by atomic mass is 10.1. The van der Waals surface area contributed by atoms with Gasteiger partial charge in [-0.05, 0) is 49.9 Å². The van der Waals surface area contributed by atoms with E-state index in [1.54, 1.807) is 24.3 Å². The monoisotopic (exact) mass is 482 g/mol. The van der Waals surface area contributed by atoms with Crippen molar-refractivity contribution >= 4 is 12.1 Å². The van der Waals surface area contributed by atoms with Gasteiger partial charge in [-0.2, -0.15) is 0 Å². The highest BCUT2D eigenvalue weighted by Gasteiger charge is 1.96. The molecule has 1 unspecified atom stereocenters. The van der Waals surface area contributed by atoms with E-state index in [1.165, 1.54) is 12.5 Å². The standard InChI is InChI=1S/C6H10.C5H6O2.C5H4O2.C5H12O2.C5H10O2/c1-5(2)6(3)4;2*6-4-5-2-1-3-7-5;2*1-2-3-5(7)4-6/h5H,1-3H2,4H3;1-3,6H,4H2;1-4H;5-7H,2-4H2,1H3;6H,2-4H2,1H3. The molecule has 2 aromatic rings. The van der Waals surface area contributed by atoms with Gasteiger partial charge in [0.15, 0.2) is 17.8 Å². The van der Waals surface area contributed by atoms with E-state index in [4.69, 9.17) is 24.8 Å². The molecular formula is C26H42O8. The van der Waals surface area contributed by atoms with Gasteiger partial charge >= 0.3 is 0 Å². The summed E-state index contributed by atoms with van der Waals surface area (Å²) in [7, 11) is 0. The minimum atomic E-state index is -0.495. The highest BCUT2D eigenvalue weighted by atomic mass is 16.4. The Morgan fingerprint density at radius 2 is 1.71 bits per heavy atom. The van der Waals surface area contributed by atoms with Crippen LogP contribution >= 0.6 is 0 Å². The van der Waals surface area contributed by atoms with Crippen molar-refractivity contribution < 1.29 is 38.8 Å². The van der Waals surface area contributed by atoms with Crippen LogP contribution in [0.15, 0.2) is 57.8 Å². The second kappa shape index (κ2) is 26.6. The van der Waals surface area contributed by atoms with Crippen LogP contribution < -0.4 is 0 Å². The first kappa shape index (κ1) is 35.9. The van der Waals surface area contributed by atoms with E-state index in [0.717, 1.165) is 18.4 Å². The number of hydrogen-bond donors (Lipinski definition) is 4. The van der Waals surface area contributed by atoms with Gasteiger partial charge in [0.05, 0.1) is 25.2 Å². The zero-order chi connectivity index (χ0) is 26.8. The van der Waals surface area contributed by atoms with E-state index in [9.17, 15) is 9.59 Å². The van der Waals surface area contributed by atoms with E-state index < -0.39 is 6.10 Å². The van der Waals surface area contributed by atoms with Gasteiger partial charge in [0, 0.05) is 13.3 Å². The molecule has 194 valence electrons. The number of rotatable bonds is 9. The lowest BCUT2D eigenvalue weighted by Gasteiger charge is -2.01. The Balaban J connectivity index is -0.000000354. The lowest BCUT2D eigenvalue weighted by Crippen LogP contribution is -2.10. The Hall–Kier alpha value is -2.65. The molecule has 4 N–H and O–H groups in total. The number of carbonyl (C=O) groups excluding carboxylic acids is 2. The average Bonchev–Trinajstić information content (AvgIpc) is 3.55. The fraction of sp³-hybridized carbons (Fsp3) is 0.462. The molecule has 0 aliphatic carbocycles. The minimum Gasteiger partial charge on any atom is -0.467 e. The molecule has 0 fully saturated rings. The van der Waals surface area contributed by atoms with Gasteiger partial charge in [-0.3, -0.25) is 16.5 Å². The van der Waals surface area contributed by atoms with Crippen molar-refractivity contribution in [2.45, 2.75) is 59.2 Å². The Labute approximate surface area is 203 Å². The molecule has 0 saturated carbocycles. The van der Waals surface area contributed by atoms with E-state index in [-0.39, 0.29) is 31.5 Å². The predicted octanol–water partition coefficient (Wildman–Crippen LogP) is 4.20. The average molecular weight is 483 g/mol. The molecule has 8 nitrogen and oxygen atoms in total. The van der Waals surface area contributed by atoms with Crippen LogP contribution in [0.25, 0.3) is 0 Å². The Morgan fingerprint density at radius 3 is 1.88 bits per heavy atom. The number of ketones is 1. The Morgan fingerprint density at radius 1 is 1.15 bits per heavy atom. The van der Waals surface area contributed by atoms with Crippen LogP contribution in [0.2, 0.25) is 0 Å². The zero-order valence-corrected chi connectivity index (χ0v) is 20.7. The summed E-state index contributed by atoms with van der Waals surface area (Å²) in [5.41, 5.74) is 1.04. The quantitative estimate of drug-likeness (QED) is 0.237. The van der Waals surface area contributed by atoms with E-state index in [0.29, 0.717) is 30.6 Å². The predicted molar refractivity (Wildman–Crippen MR) is 133 cm³/mol. The zero-order valence-electron chi connectivity index (χ0n) is 20.7. The molecule has 1 atom stereocenters. The number of furan rings is 2. The fourth-order valence-corrected chi connectivity index (χ4v) is 1.54. The van der Waals surface area contributed by atoms with Crippen molar-refractivity contribution in [1.82, 2.24) is 0 Å². The van der Waals surface area contributed by atoms with Crippen molar-refractivity contribution in [3.05, 3.63) is 74.3 Å². The lowest BCUT2D eigenvalue weighted by molar-refractivity contribution is -0.121. The van der Waals surface area contributed by atoms with Crippen LogP contribution in [0.1, 0.15) is 62.8 Å². The van der Waals surface area contributed by atoms with Crippen LogP contribution in [0, 0.1) is 19.8 Å². The third-order valence-corrected chi connectivity index (χ3v) is 3.63. The van der Waals surface area contributed by atoms with Gasteiger partial charge in [0.2, 0.25) is 0 Å². The fourth-order valence-electron chi connectivity index (χ4n) is 1.54. The summed E-state index contributed by atoms with van der Waals surface area (Å²) in [4.78, 5) is 19.9. The topological polar surface area (TPSA) is 141 Å². The smallest absolute Gasteiger partial charge is 0.185 e. The van der Waals surface area contributed by atoms with Crippen LogP contribution in [0.3, 0.4) is 0 Å². The second-order valence-electron chi connectivity index (χ2n) is 6.99. The van der Waals surface area contributed by atoms with Crippen molar-refractivity contribution in [2.75, 3.05) is 13.2 Å². The molecule has 0 radical (unpaired) electrons. The van der Waals surface area contributed by atoms with Crippen molar-refractivity contribution in [1.29, 1.82) is 0 Å². The number of carbonyl (C=O) groups is 2. The van der Waals surface area contributed by atoms with Gasteiger partial charge in [-0.25, -0.2) is 0 Å². The minimum absolute atomic E-state index is 0.00694. The molecule has 2 aromatic heterocycles.